The van der Waals surface area contributed by atoms with Crippen LogP contribution in [0.3, 0.4) is 0 Å². The Bertz CT molecular complexity index is 821. The van der Waals surface area contributed by atoms with Crippen molar-refractivity contribution in [3.63, 3.8) is 0 Å². The van der Waals surface area contributed by atoms with Crippen LogP contribution in [0.5, 0.6) is 5.75 Å². The number of pyridine rings is 1. The molecule has 1 aromatic heterocycles. The topological polar surface area (TPSA) is 90.0 Å². The fourth-order valence-corrected chi connectivity index (χ4v) is 5.68. The average Bonchev–Trinajstić information content (AvgIpc) is 2.78. The van der Waals surface area contributed by atoms with Crippen molar-refractivity contribution in [2.24, 2.45) is 0 Å². The predicted molar refractivity (Wildman–Crippen MR) is 112 cm³/mol. The van der Waals surface area contributed by atoms with Crippen molar-refractivity contribution >= 4 is 11.8 Å². The molecule has 2 atom stereocenters. The highest BCUT2D eigenvalue weighted by atomic mass is 16.5. The zero-order valence-electron chi connectivity index (χ0n) is 17.9. The summed E-state index contributed by atoms with van der Waals surface area (Å²) in [4.78, 5) is 31.9. The first-order valence-corrected chi connectivity index (χ1v) is 11.5. The van der Waals surface area contributed by atoms with E-state index < -0.39 is 5.54 Å². The van der Waals surface area contributed by atoms with Crippen LogP contribution >= 0.6 is 0 Å². The van der Waals surface area contributed by atoms with Crippen molar-refractivity contribution in [3.8, 4) is 5.75 Å². The number of piperidine rings is 1. The summed E-state index contributed by atoms with van der Waals surface area (Å²) in [7, 11) is 0. The molecule has 2 amide bonds. The molecule has 1 spiro atoms. The van der Waals surface area contributed by atoms with E-state index in [0.29, 0.717) is 32.3 Å². The first-order valence-electron chi connectivity index (χ1n) is 11.5. The van der Waals surface area contributed by atoms with E-state index in [4.69, 9.17) is 14.2 Å². The van der Waals surface area contributed by atoms with Gasteiger partial charge in [-0.1, -0.05) is 0 Å². The number of fused-ring (bicyclic) bond motifs is 6. The van der Waals surface area contributed by atoms with E-state index in [1.165, 1.54) is 0 Å². The minimum absolute atomic E-state index is 0.0279. The maximum Gasteiger partial charge on any atom is 0.246 e. The second kappa shape index (κ2) is 8.74. The fraction of sp³-hybridized carbons (Fsp3) is 0.696. The highest BCUT2D eigenvalue weighted by molar-refractivity contribution is 5.80. The second-order valence-corrected chi connectivity index (χ2v) is 9.20. The molecule has 3 fully saturated rings. The first-order chi connectivity index (χ1) is 15.1. The molecule has 2 unspecified atom stereocenters. The summed E-state index contributed by atoms with van der Waals surface area (Å²) >= 11 is 0. The molecular formula is C23H31N3O5. The van der Waals surface area contributed by atoms with Gasteiger partial charge in [-0.05, 0) is 50.7 Å². The quantitative estimate of drug-likeness (QED) is 0.676. The zero-order valence-corrected chi connectivity index (χ0v) is 17.9. The van der Waals surface area contributed by atoms with Gasteiger partial charge in [-0.2, -0.15) is 0 Å². The van der Waals surface area contributed by atoms with E-state index >= 15 is 0 Å². The molecule has 1 aromatic rings. The zero-order chi connectivity index (χ0) is 21.3. The summed E-state index contributed by atoms with van der Waals surface area (Å²) in [6, 6.07) is 3.61. The number of carbonyl (C=O) groups is 2. The van der Waals surface area contributed by atoms with Gasteiger partial charge >= 0.3 is 0 Å². The molecule has 5 aliphatic rings. The van der Waals surface area contributed by atoms with Crippen molar-refractivity contribution in [2.45, 2.75) is 68.5 Å². The van der Waals surface area contributed by atoms with Gasteiger partial charge < -0.3 is 24.4 Å². The van der Waals surface area contributed by atoms with Gasteiger partial charge in [-0.3, -0.25) is 14.6 Å². The van der Waals surface area contributed by atoms with Crippen LogP contribution in [-0.4, -0.2) is 72.4 Å². The largest absolute Gasteiger partial charge is 0.491 e. The molecular weight excluding hydrogens is 398 g/mol. The number of aromatic nitrogens is 1. The minimum atomic E-state index is -0.575. The van der Waals surface area contributed by atoms with E-state index in [1.54, 1.807) is 0 Å². The van der Waals surface area contributed by atoms with Crippen molar-refractivity contribution in [3.05, 3.63) is 24.0 Å². The highest BCUT2D eigenvalue weighted by Crippen LogP contribution is 2.38. The third-order valence-electron chi connectivity index (χ3n) is 7.26. The van der Waals surface area contributed by atoms with Crippen LogP contribution in [0, 0.1) is 0 Å². The molecule has 2 saturated heterocycles. The van der Waals surface area contributed by atoms with Crippen LogP contribution in [-0.2, 0) is 19.1 Å². The fourth-order valence-electron chi connectivity index (χ4n) is 5.68. The molecule has 6 rings (SSSR count). The molecule has 1 saturated carbocycles. The summed E-state index contributed by atoms with van der Waals surface area (Å²) in [5, 5.41) is 3.16. The molecule has 1 N–H and O–H groups in total. The number of ether oxygens (including phenoxy) is 3. The number of rotatable bonds is 0. The molecule has 31 heavy (non-hydrogen) atoms. The van der Waals surface area contributed by atoms with Gasteiger partial charge in [0.25, 0.3) is 0 Å². The van der Waals surface area contributed by atoms with E-state index in [-0.39, 0.29) is 37.0 Å². The molecule has 8 nitrogen and oxygen atoms in total. The van der Waals surface area contributed by atoms with Crippen molar-refractivity contribution < 1.29 is 23.8 Å². The molecule has 5 heterocycles. The van der Waals surface area contributed by atoms with Crippen LogP contribution < -0.4 is 10.1 Å². The third kappa shape index (κ3) is 4.15. The third-order valence-corrected chi connectivity index (χ3v) is 7.26. The Morgan fingerprint density at radius 3 is 2.90 bits per heavy atom. The maximum absolute atomic E-state index is 13.2. The average molecular weight is 430 g/mol. The highest BCUT2D eigenvalue weighted by Gasteiger charge is 2.49. The standard InChI is InChI=1S/C23H31N3O5/c27-20-14-29-15-23(25-20)9-2-11-26-19(23)13-31-17-6-4-16(5-7-17)22-18(3-1-10-24-22)30-12-8-21(26)28/h1,3,10,16-17,19H,2,4-9,11-15H2,(H,25,27). The number of hydrogen-bond acceptors (Lipinski definition) is 6. The summed E-state index contributed by atoms with van der Waals surface area (Å²) < 4.78 is 18.1. The molecule has 4 aliphatic heterocycles. The van der Waals surface area contributed by atoms with Gasteiger partial charge in [0.15, 0.2) is 0 Å². The van der Waals surface area contributed by atoms with Crippen molar-refractivity contribution in [2.75, 3.05) is 33.0 Å². The SMILES string of the molecule is O=C1COCC2(CCCN3C(=O)CCOc4cccnc4C4CCC(CC4)OCC32)N1. The summed E-state index contributed by atoms with van der Waals surface area (Å²) in [5.41, 5.74) is 0.428. The lowest BCUT2D eigenvalue weighted by atomic mass is 9.80. The van der Waals surface area contributed by atoms with Gasteiger partial charge in [0.05, 0.1) is 49.6 Å². The number of morpholine rings is 1. The Hall–Kier alpha value is -2.19. The lowest BCUT2D eigenvalue weighted by Crippen LogP contribution is -2.72. The minimum Gasteiger partial charge on any atom is -0.491 e. The molecule has 8 heteroatoms. The number of hydrogen-bond donors (Lipinski definition) is 1. The Morgan fingerprint density at radius 1 is 1.19 bits per heavy atom. The summed E-state index contributed by atoms with van der Waals surface area (Å²) in [5.74, 6) is 1.06. The van der Waals surface area contributed by atoms with Crippen LogP contribution in [0.25, 0.3) is 0 Å². The lowest BCUT2D eigenvalue weighted by molar-refractivity contribution is -0.155. The second-order valence-electron chi connectivity index (χ2n) is 9.20. The predicted octanol–water partition coefficient (Wildman–Crippen LogP) is 1.78. The Morgan fingerprint density at radius 2 is 2.06 bits per heavy atom. The number of carbonyl (C=O) groups excluding carboxylic acids is 2. The van der Waals surface area contributed by atoms with E-state index in [0.717, 1.165) is 50.0 Å². The van der Waals surface area contributed by atoms with Crippen LogP contribution in [0.2, 0.25) is 0 Å². The number of nitrogens with one attached hydrogen (secondary N) is 1. The number of nitrogens with zero attached hydrogens (tertiary/aromatic N) is 2. The Balaban J connectivity index is 1.41. The van der Waals surface area contributed by atoms with Crippen LogP contribution in [0.1, 0.15) is 56.6 Å². The molecule has 0 radical (unpaired) electrons. The molecule has 1 aliphatic carbocycles. The molecule has 0 aromatic carbocycles. The summed E-state index contributed by atoms with van der Waals surface area (Å²) in [6.07, 6.45) is 7.80. The lowest BCUT2D eigenvalue weighted by Gasteiger charge is -2.51. The van der Waals surface area contributed by atoms with Crippen LogP contribution in [0.4, 0.5) is 0 Å². The van der Waals surface area contributed by atoms with E-state index in [9.17, 15) is 9.59 Å². The normalized spacial score (nSPS) is 34.3. The van der Waals surface area contributed by atoms with Crippen molar-refractivity contribution in [1.82, 2.24) is 15.2 Å². The Kier molecular flexibility index (Phi) is 5.84. The van der Waals surface area contributed by atoms with Crippen molar-refractivity contribution in [1.29, 1.82) is 0 Å². The maximum atomic E-state index is 13.2. The van der Waals surface area contributed by atoms with E-state index in [1.807, 2.05) is 23.2 Å². The van der Waals surface area contributed by atoms with Gasteiger partial charge in [-0.15, -0.1) is 0 Å². The molecule has 168 valence electrons. The van der Waals surface area contributed by atoms with Gasteiger partial charge in [0.2, 0.25) is 11.8 Å². The van der Waals surface area contributed by atoms with E-state index in [2.05, 4.69) is 10.3 Å². The van der Waals surface area contributed by atoms with Gasteiger partial charge in [0, 0.05) is 18.7 Å². The van der Waals surface area contributed by atoms with Crippen LogP contribution in [0.15, 0.2) is 18.3 Å². The van der Waals surface area contributed by atoms with Gasteiger partial charge in [-0.25, -0.2) is 0 Å². The summed E-state index contributed by atoms with van der Waals surface area (Å²) in [6.45, 7) is 1.88. The van der Waals surface area contributed by atoms with Gasteiger partial charge in [0.1, 0.15) is 12.4 Å². The Labute approximate surface area is 182 Å². The smallest absolute Gasteiger partial charge is 0.246 e. The first kappa shape index (κ1) is 20.7. The monoisotopic (exact) mass is 429 g/mol. The molecule has 2 bridgehead atoms. The number of amides is 2.